The monoisotopic (exact) mass is 387 g/mol. The summed E-state index contributed by atoms with van der Waals surface area (Å²) in [6.07, 6.45) is 7.14. The second kappa shape index (κ2) is 8.85. The van der Waals surface area contributed by atoms with Crippen molar-refractivity contribution in [3.05, 3.63) is 39.8 Å². The lowest BCUT2D eigenvalue weighted by molar-refractivity contribution is -0.135. The van der Waals surface area contributed by atoms with Crippen LogP contribution in [-0.2, 0) is 27.2 Å². The molecule has 1 aliphatic heterocycles. The number of rotatable bonds is 5. The first-order valence-electron chi connectivity index (χ1n) is 8.79. The van der Waals surface area contributed by atoms with Gasteiger partial charge in [0.25, 0.3) is 5.91 Å². The van der Waals surface area contributed by atoms with Gasteiger partial charge in [0, 0.05) is 6.08 Å². The number of benzene rings is 1. The van der Waals surface area contributed by atoms with Gasteiger partial charge >= 0.3 is 5.97 Å². The Morgan fingerprint density at radius 3 is 2.81 bits per heavy atom. The van der Waals surface area contributed by atoms with Crippen LogP contribution in [-0.4, -0.2) is 37.0 Å². The number of carbonyl (C=O) groups is 2. The Morgan fingerprint density at radius 1 is 1.30 bits per heavy atom. The van der Waals surface area contributed by atoms with Gasteiger partial charge in [-0.2, -0.15) is 5.10 Å². The number of hydrogen-bond acceptors (Lipinski definition) is 7. The minimum absolute atomic E-state index is 0.231. The summed E-state index contributed by atoms with van der Waals surface area (Å²) < 4.78 is 10.3. The van der Waals surface area contributed by atoms with E-state index in [1.165, 1.54) is 18.2 Å². The maximum absolute atomic E-state index is 11.8. The van der Waals surface area contributed by atoms with E-state index >= 15 is 0 Å². The van der Waals surface area contributed by atoms with Gasteiger partial charge in [-0.25, -0.2) is 4.79 Å². The van der Waals surface area contributed by atoms with E-state index in [1.807, 2.05) is 19.1 Å². The van der Waals surface area contributed by atoms with Gasteiger partial charge in [0.05, 0.1) is 24.8 Å². The second-order valence-corrected chi connectivity index (χ2v) is 7.02. The summed E-state index contributed by atoms with van der Waals surface area (Å²) in [7, 11) is 1.26. The van der Waals surface area contributed by atoms with Gasteiger partial charge in [-0.15, -0.1) is 5.10 Å². The van der Waals surface area contributed by atoms with E-state index in [-0.39, 0.29) is 4.91 Å². The van der Waals surface area contributed by atoms with Crippen molar-refractivity contribution in [2.75, 3.05) is 13.7 Å². The summed E-state index contributed by atoms with van der Waals surface area (Å²) in [5.74, 6) is -0.0249. The van der Waals surface area contributed by atoms with Crippen molar-refractivity contribution in [3.63, 3.8) is 0 Å². The molecule has 0 aromatic heterocycles. The average molecular weight is 387 g/mol. The quantitative estimate of drug-likeness (QED) is 0.363. The van der Waals surface area contributed by atoms with Crippen LogP contribution >= 0.6 is 11.8 Å². The predicted molar refractivity (Wildman–Crippen MR) is 105 cm³/mol. The average Bonchev–Trinajstić information content (AvgIpc) is 3.02. The fourth-order valence-corrected chi connectivity index (χ4v) is 3.80. The molecule has 142 valence electrons. The Morgan fingerprint density at radius 2 is 2.07 bits per heavy atom. The van der Waals surface area contributed by atoms with Crippen molar-refractivity contribution in [2.24, 2.45) is 10.2 Å². The minimum atomic E-state index is -0.585. The number of esters is 1. The molecular weight excluding hydrogens is 366 g/mol. The minimum Gasteiger partial charge on any atom is -0.494 e. The topological polar surface area (TPSA) is 89.4 Å². The number of fused-ring (bicyclic) bond motifs is 1. The molecule has 0 saturated carbocycles. The van der Waals surface area contributed by atoms with Crippen LogP contribution in [0.25, 0.3) is 0 Å². The number of ether oxygens (including phenoxy) is 2. The molecule has 1 aliphatic carbocycles. The lowest BCUT2D eigenvalue weighted by Gasteiger charge is -2.21. The van der Waals surface area contributed by atoms with E-state index in [9.17, 15) is 9.59 Å². The molecule has 1 N–H and O–H groups in total. The normalized spacial score (nSPS) is 19.4. The zero-order valence-corrected chi connectivity index (χ0v) is 16.1. The zero-order valence-electron chi connectivity index (χ0n) is 15.3. The molecule has 0 radical (unpaired) electrons. The molecule has 0 atom stereocenters. The maximum atomic E-state index is 11.8. The fourth-order valence-electron chi connectivity index (χ4n) is 3.06. The van der Waals surface area contributed by atoms with E-state index in [4.69, 9.17) is 4.74 Å². The highest BCUT2D eigenvalue weighted by atomic mass is 32.2. The van der Waals surface area contributed by atoms with Gasteiger partial charge in [-0.1, -0.05) is 0 Å². The molecule has 1 aromatic rings. The third kappa shape index (κ3) is 4.57. The third-order valence-electron chi connectivity index (χ3n) is 4.27. The smallest absolute Gasteiger partial charge is 0.331 e. The Balaban J connectivity index is 1.77. The standard InChI is InChI=1S/C19H21N3O4S/c1-3-26-15-9-8-12(13-6-4-5-7-14(13)15)11-20-22-19-21-18(24)16(27-19)10-17(23)25-2/h8-11H,3-7H2,1-2H3,(H,21,22,24)/b16-10+,20-11?. The molecule has 3 rings (SSSR count). The van der Waals surface area contributed by atoms with Crippen molar-refractivity contribution in [3.8, 4) is 5.75 Å². The van der Waals surface area contributed by atoms with Crippen molar-refractivity contribution in [1.82, 2.24) is 5.32 Å². The molecule has 1 fully saturated rings. The van der Waals surface area contributed by atoms with Gasteiger partial charge < -0.3 is 9.47 Å². The van der Waals surface area contributed by atoms with E-state index < -0.39 is 11.9 Å². The summed E-state index contributed by atoms with van der Waals surface area (Å²) in [5.41, 5.74) is 3.52. The molecule has 0 spiro atoms. The molecule has 7 nitrogen and oxygen atoms in total. The number of nitrogens with one attached hydrogen (secondary N) is 1. The van der Waals surface area contributed by atoms with Gasteiger partial charge in [0.2, 0.25) is 0 Å². The van der Waals surface area contributed by atoms with Crippen molar-refractivity contribution >= 4 is 35.0 Å². The molecule has 27 heavy (non-hydrogen) atoms. The van der Waals surface area contributed by atoms with Crippen molar-refractivity contribution in [2.45, 2.75) is 32.6 Å². The molecule has 0 unspecified atom stereocenters. The zero-order chi connectivity index (χ0) is 19.2. The number of carbonyl (C=O) groups excluding carboxylic acids is 2. The third-order valence-corrected chi connectivity index (χ3v) is 5.17. The van der Waals surface area contributed by atoms with Crippen LogP contribution in [0.4, 0.5) is 0 Å². The van der Waals surface area contributed by atoms with Crippen LogP contribution < -0.4 is 10.1 Å². The molecule has 1 saturated heterocycles. The van der Waals surface area contributed by atoms with Crippen LogP contribution in [0.2, 0.25) is 0 Å². The van der Waals surface area contributed by atoms with E-state index in [2.05, 4.69) is 20.3 Å². The van der Waals surface area contributed by atoms with Crippen LogP contribution in [0, 0.1) is 0 Å². The molecule has 8 heteroatoms. The largest absolute Gasteiger partial charge is 0.494 e. The van der Waals surface area contributed by atoms with Crippen LogP contribution in [0.15, 0.2) is 33.3 Å². The van der Waals surface area contributed by atoms with Gasteiger partial charge in [-0.3, -0.25) is 10.1 Å². The number of thioether (sulfide) groups is 1. The van der Waals surface area contributed by atoms with Crippen LogP contribution in [0.5, 0.6) is 5.75 Å². The highest BCUT2D eigenvalue weighted by Gasteiger charge is 2.25. The first-order chi connectivity index (χ1) is 13.1. The number of methoxy groups -OCH3 is 1. The maximum Gasteiger partial charge on any atom is 0.331 e. The highest BCUT2D eigenvalue weighted by Crippen LogP contribution is 2.32. The van der Waals surface area contributed by atoms with Crippen molar-refractivity contribution < 1.29 is 19.1 Å². The number of nitrogens with zero attached hydrogens (tertiary/aromatic N) is 2. The van der Waals surface area contributed by atoms with Gasteiger partial charge in [0.1, 0.15) is 5.75 Å². The van der Waals surface area contributed by atoms with E-state index in [1.54, 1.807) is 6.21 Å². The first-order valence-corrected chi connectivity index (χ1v) is 9.61. The van der Waals surface area contributed by atoms with E-state index in [0.717, 1.165) is 54.8 Å². The Bertz CT molecular complexity index is 846. The Hall–Kier alpha value is -2.61. The van der Waals surface area contributed by atoms with Crippen molar-refractivity contribution in [1.29, 1.82) is 0 Å². The van der Waals surface area contributed by atoms with Gasteiger partial charge in [0.15, 0.2) is 5.17 Å². The first kappa shape index (κ1) is 19.2. The summed E-state index contributed by atoms with van der Waals surface area (Å²) >= 11 is 1.05. The Labute approximate surface area is 161 Å². The molecule has 0 bridgehead atoms. The summed E-state index contributed by atoms with van der Waals surface area (Å²) in [4.78, 5) is 23.3. The lowest BCUT2D eigenvalue weighted by atomic mass is 9.88. The van der Waals surface area contributed by atoms with Crippen LogP contribution in [0.3, 0.4) is 0 Å². The highest BCUT2D eigenvalue weighted by molar-refractivity contribution is 8.18. The summed E-state index contributed by atoms with van der Waals surface area (Å²) in [6, 6.07) is 3.97. The molecule has 2 aliphatic rings. The SMILES string of the molecule is CCOc1ccc(C=N/N=C2/NC(=O)/C(=C\C(=O)OC)S2)c2c1CCCC2. The Kier molecular flexibility index (Phi) is 6.28. The molecular formula is C19H21N3O4S. The molecule has 1 aromatic carbocycles. The fraction of sp³-hybridized carbons (Fsp3) is 0.368. The summed E-state index contributed by atoms with van der Waals surface area (Å²) in [6.45, 7) is 2.63. The number of amidine groups is 1. The number of amides is 1. The number of hydrogen-bond donors (Lipinski definition) is 1. The summed E-state index contributed by atoms with van der Waals surface area (Å²) in [5, 5.41) is 11.1. The lowest BCUT2D eigenvalue weighted by Crippen LogP contribution is -2.19. The van der Waals surface area contributed by atoms with E-state index in [0.29, 0.717) is 11.8 Å². The van der Waals surface area contributed by atoms with Crippen LogP contribution in [0.1, 0.15) is 36.5 Å². The second-order valence-electron chi connectivity index (χ2n) is 5.99. The molecule has 1 heterocycles. The molecule has 1 amide bonds. The van der Waals surface area contributed by atoms with Gasteiger partial charge in [-0.05, 0) is 73.2 Å². The predicted octanol–water partition coefficient (Wildman–Crippen LogP) is 2.57.